The van der Waals surface area contributed by atoms with E-state index in [2.05, 4.69) is 4.40 Å². The van der Waals surface area contributed by atoms with Crippen LogP contribution in [-0.4, -0.2) is 44.9 Å². The van der Waals surface area contributed by atoms with Gasteiger partial charge in [0.25, 0.3) is 10.0 Å². The average molecular weight is 408 g/mol. The summed E-state index contributed by atoms with van der Waals surface area (Å²) in [5.41, 5.74) is -0.123. The predicted octanol–water partition coefficient (Wildman–Crippen LogP) is 2.67. The zero-order chi connectivity index (χ0) is 20.5. The van der Waals surface area contributed by atoms with Crippen molar-refractivity contribution in [2.75, 3.05) is 18.1 Å². The minimum absolute atomic E-state index is 0.0233. The number of rotatable bonds is 3. The number of benzene rings is 1. The lowest BCUT2D eigenvalue weighted by Crippen LogP contribution is -2.35. The molecule has 0 aliphatic carbocycles. The molecule has 0 spiro atoms. The molecule has 2 aliphatic rings. The molecular formula is C19H24N2O6S. The number of amidine groups is 1. The van der Waals surface area contributed by atoms with Gasteiger partial charge in [0.15, 0.2) is 6.61 Å². The SMILES string of the molecule is CC(C)(C)OC(=O)COC(=O)c1ccc2c(c1)S(=O)(=O)N=C1CCCCCN12. The number of esters is 2. The van der Waals surface area contributed by atoms with Crippen molar-refractivity contribution >= 4 is 33.5 Å². The molecule has 9 heteroatoms. The molecule has 0 aromatic heterocycles. The second-order valence-corrected chi connectivity index (χ2v) is 9.36. The van der Waals surface area contributed by atoms with Gasteiger partial charge in [-0.25, -0.2) is 9.59 Å². The van der Waals surface area contributed by atoms with E-state index in [1.165, 1.54) is 12.1 Å². The van der Waals surface area contributed by atoms with Gasteiger partial charge in [0, 0.05) is 13.0 Å². The molecule has 3 rings (SSSR count). The molecule has 2 heterocycles. The zero-order valence-corrected chi connectivity index (χ0v) is 17.0. The fraction of sp³-hybridized carbons (Fsp3) is 0.526. The molecule has 0 saturated carbocycles. The lowest BCUT2D eigenvalue weighted by atomic mass is 10.2. The quantitative estimate of drug-likeness (QED) is 0.709. The molecule has 0 N–H and O–H groups in total. The van der Waals surface area contributed by atoms with E-state index < -0.39 is 34.2 Å². The Bertz CT molecular complexity index is 930. The molecule has 0 atom stereocenters. The Kier molecular flexibility index (Phi) is 5.47. The summed E-state index contributed by atoms with van der Waals surface area (Å²) in [6.07, 6.45) is 3.46. The van der Waals surface area contributed by atoms with Crippen LogP contribution in [0.15, 0.2) is 27.5 Å². The number of sulfonamides is 1. The maximum Gasteiger partial charge on any atom is 0.344 e. The van der Waals surface area contributed by atoms with Gasteiger partial charge in [-0.3, -0.25) is 0 Å². The van der Waals surface area contributed by atoms with Crippen molar-refractivity contribution in [2.45, 2.75) is 57.0 Å². The number of carbonyl (C=O) groups is 2. The van der Waals surface area contributed by atoms with Crippen molar-refractivity contribution in [2.24, 2.45) is 4.40 Å². The summed E-state index contributed by atoms with van der Waals surface area (Å²) in [6, 6.07) is 4.35. The van der Waals surface area contributed by atoms with E-state index in [0.29, 0.717) is 24.5 Å². The third-order valence-electron chi connectivity index (χ3n) is 4.32. The highest BCUT2D eigenvalue weighted by molar-refractivity contribution is 7.90. The van der Waals surface area contributed by atoms with Crippen LogP contribution < -0.4 is 4.90 Å². The fourth-order valence-electron chi connectivity index (χ4n) is 3.19. The second-order valence-electron chi connectivity index (χ2n) is 7.79. The average Bonchev–Trinajstić information content (AvgIpc) is 2.82. The van der Waals surface area contributed by atoms with Gasteiger partial charge in [0.1, 0.15) is 16.3 Å². The molecule has 0 bridgehead atoms. The predicted molar refractivity (Wildman–Crippen MR) is 103 cm³/mol. The number of carbonyl (C=O) groups excluding carboxylic acids is 2. The topological polar surface area (TPSA) is 102 Å². The van der Waals surface area contributed by atoms with Gasteiger partial charge in [0.05, 0.1) is 11.3 Å². The lowest BCUT2D eigenvalue weighted by molar-refractivity contribution is -0.158. The number of hydrogen-bond donors (Lipinski definition) is 0. The molecule has 8 nitrogen and oxygen atoms in total. The Labute approximate surface area is 164 Å². The number of hydrogen-bond acceptors (Lipinski definition) is 7. The van der Waals surface area contributed by atoms with Crippen LogP contribution in [0.5, 0.6) is 0 Å². The van der Waals surface area contributed by atoms with Gasteiger partial charge in [-0.05, 0) is 51.8 Å². The maximum absolute atomic E-state index is 12.6. The zero-order valence-electron chi connectivity index (χ0n) is 16.2. The number of anilines is 1. The summed E-state index contributed by atoms with van der Waals surface area (Å²) < 4.78 is 39.2. The van der Waals surface area contributed by atoms with Crippen molar-refractivity contribution in [1.82, 2.24) is 0 Å². The highest BCUT2D eigenvalue weighted by atomic mass is 32.2. The third-order valence-corrected chi connectivity index (χ3v) is 5.66. The molecule has 152 valence electrons. The highest BCUT2D eigenvalue weighted by Crippen LogP contribution is 2.35. The van der Waals surface area contributed by atoms with E-state index in [4.69, 9.17) is 9.47 Å². The molecule has 1 fully saturated rings. The second kappa shape index (κ2) is 7.54. The van der Waals surface area contributed by atoms with Crippen molar-refractivity contribution in [3.63, 3.8) is 0 Å². The van der Waals surface area contributed by atoms with Crippen molar-refractivity contribution in [1.29, 1.82) is 0 Å². The number of fused-ring (bicyclic) bond motifs is 3. The van der Waals surface area contributed by atoms with E-state index in [-0.39, 0.29) is 10.5 Å². The van der Waals surface area contributed by atoms with Gasteiger partial charge in [0.2, 0.25) is 0 Å². The summed E-state index contributed by atoms with van der Waals surface area (Å²) in [6.45, 7) is 5.26. The smallest absolute Gasteiger partial charge is 0.344 e. The molecule has 1 saturated heterocycles. The minimum Gasteiger partial charge on any atom is -0.457 e. The summed E-state index contributed by atoms with van der Waals surface area (Å²) in [7, 11) is -3.89. The van der Waals surface area contributed by atoms with Gasteiger partial charge in [-0.1, -0.05) is 6.42 Å². The normalized spacial score (nSPS) is 18.2. The largest absolute Gasteiger partial charge is 0.457 e. The van der Waals surface area contributed by atoms with Crippen LogP contribution in [0.1, 0.15) is 56.8 Å². The van der Waals surface area contributed by atoms with Crippen LogP contribution >= 0.6 is 0 Å². The molecule has 0 amide bonds. The van der Waals surface area contributed by atoms with Crippen molar-refractivity contribution in [3.05, 3.63) is 23.8 Å². The van der Waals surface area contributed by atoms with Crippen LogP contribution in [-0.2, 0) is 24.3 Å². The van der Waals surface area contributed by atoms with Crippen LogP contribution in [0.4, 0.5) is 5.69 Å². The number of nitrogens with zero attached hydrogens (tertiary/aromatic N) is 2. The van der Waals surface area contributed by atoms with Crippen LogP contribution in [0.2, 0.25) is 0 Å². The maximum atomic E-state index is 12.6. The standard InChI is InChI=1S/C19H24N2O6S/c1-19(2,3)27-17(22)12-26-18(23)13-8-9-14-15(11-13)28(24,25)20-16-7-5-4-6-10-21(14)16/h8-9,11H,4-7,10,12H2,1-3H3. The van der Waals surface area contributed by atoms with E-state index >= 15 is 0 Å². The molecular weight excluding hydrogens is 384 g/mol. The first-order valence-electron chi connectivity index (χ1n) is 9.21. The van der Waals surface area contributed by atoms with E-state index in [9.17, 15) is 18.0 Å². The molecule has 1 aromatic rings. The lowest BCUT2D eigenvalue weighted by Gasteiger charge is -2.29. The Morgan fingerprint density at radius 3 is 2.64 bits per heavy atom. The van der Waals surface area contributed by atoms with Gasteiger partial charge < -0.3 is 14.4 Å². The first-order chi connectivity index (χ1) is 13.1. The van der Waals surface area contributed by atoms with Crippen LogP contribution in [0.3, 0.4) is 0 Å². The molecule has 2 aliphatic heterocycles. The van der Waals surface area contributed by atoms with Gasteiger partial charge >= 0.3 is 11.9 Å². The third kappa shape index (κ3) is 4.52. The molecule has 0 radical (unpaired) electrons. The Morgan fingerprint density at radius 2 is 1.93 bits per heavy atom. The monoisotopic (exact) mass is 408 g/mol. The van der Waals surface area contributed by atoms with E-state index in [1.54, 1.807) is 26.8 Å². The van der Waals surface area contributed by atoms with E-state index in [1.807, 2.05) is 4.90 Å². The summed E-state index contributed by atoms with van der Waals surface area (Å²) in [5, 5.41) is 0. The van der Waals surface area contributed by atoms with Gasteiger partial charge in [-0.15, -0.1) is 4.40 Å². The summed E-state index contributed by atoms with van der Waals surface area (Å²) >= 11 is 0. The van der Waals surface area contributed by atoms with E-state index in [0.717, 1.165) is 19.3 Å². The number of ether oxygens (including phenoxy) is 2. The first-order valence-corrected chi connectivity index (χ1v) is 10.7. The first kappa shape index (κ1) is 20.3. The van der Waals surface area contributed by atoms with Crippen LogP contribution in [0.25, 0.3) is 0 Å². The Balaban J connectivity index is 1.80. The van der Waals surface area contributed by atoms with Gasteiger partial charge in [-0.2, -0.15) is 8.42 Å². The summed E-state index contributed by atoms with van der Waals surface area (Å²) in [5.74, 6) is -0.926. The Morgan fingerprint density at radius 1 is 1.18 bits per heavy atom. The molecule has 28 heavy (non-hydrogen) atoms. The Hall–Kier alpha value is -2.42. The minimum atomic E-state index is -3.89. The molecule has 1 aromatic carbocycles. The highest BCUT2D eigenvalue weighted by Gasteiger charge is 2.32. The van der Waals surface area contributed by atoms with Crippen molar-refractivity contribution < 1.29 is 27.5 Å². The fourth-order valence-corrected chi connectivity index (χ4v) is 4.47. The molecule has 0 unspecified atom stereocenters. The summed E-state index contributed by atoms with van der Waals surface area (Å²) in [4.78, 5) is 25.9. The van der Waals surface area contributed by atoms with Crippen LogP contribution in [0, 0.1) is 0 Å². The van der Waals surface area contributed by atoms with Crippen molar-refractivity contribution in [3.8, 4) is 0 Å².